The van der Waals surface area contributed by atoms with Crippen molar-refractivity contribution < 1.29 is 4.39 Å². The van der Waals surface area contributed by atoms with Crippen LogP contribution in [0.25, 0.3) is 0 Å². The predicted molar refractivity (Wildman–Crippen MR) is 85.9 cm³/mol. The molecule has 1 heterocycles. The molecule has 0 aliphatic heterocycles. The minimum absolute atomic E-state index is 0.204. The van der Waals surface area contributed by atoms with Crippen LogP contribution in [0.2, 0.25) is 0 Å². The zero-order chi connectivity index (χ0) is 14.1. The predicted octanol–water partition coefficient (Wildman–Crippen LogP) is 4.64. The Morgan fingerprint density at radius 1 is 1.35 bits per heavy atom. The van der Waals surface area contributed by atoms with Crippen LogP contribution in [0.1, 0.15) is 33.3 Å². The number of hydrogen-bond donors (Lipinski definition) is 1. The van der Waals surface area contributed by atoms with Crippen molar-refractivity contribution in [3.63, 3.8) is 0 Å². The highest BCUT2D eigenvalue weighted by molar-refractivity contribution is 9.10. The maximum atomic E-state index is 13.3. The Bertz CT molecular complexity index is 601. The first-order valence-corrected chi connectivity index (χ1v) is 8.51. The number of hydrogen-bond acceptors (Lipinski definition) is 2. The zero-order valence-electron chi connectivity index (χ0n) is 11.4. The van der Waals surface area contributed by atoms with Gasteiger partial charge in [-0.15, -0.1) is 11.3 Å². The number of aryl methyl sites for hydroxylation is 2. The van der Waals surface area contributed by atoms with Gasteiger partial charge in [-0.2, -0.15) is 0 Å². The van der Waals surface area contributed by atoms with Gasteiger partial charge in [0.25, 0.3) is 0 Å². The third-order valence-electron chi connectivity index (χ3n) is 3.88. The van der Waals surface area contributed by atoms with Gasteiger partial charge in [0, 0.05) is 15.8 Å². The molecule has 0 radical (unpaired) electrons. The van der Waals surface area contributed by atoms with Gasteiger partial charge < -0.3 is 5.32 Å². The Morgan fingerprint density at radius 2 is 2.20 bits per heavy atom. The van der Waals surface area contributed by atoms with Gasteiger partial charge in [0.15, 0.2) is 0 Å². The molecule has 1 aromatic carbocycles. The number of likely N-dealkylation sites (N-methyl/N-ethyl adjacent to an activating group) is 1. The van der Waals surface area contributed by atoms with Crippen molar-refractivity contribution in [2.45, 2.75) is 31.7 Å². The van der Waals surface area contributed by atoms with Gasteiger partial charge in [-0.05, 0) is 78.0 Å². The monoisotopic (exact) mass is 353 g/mol. The van der Waals surface area contributed by atoms with E-state index in [4.69, 9.17) is 0 Å². The first kappa shape index (κ1) is 14.2. The fraction of sp³-hybridized carbons (Fsp3) is 0.375. The maximum Gasteiger partial charge on any atom is 0.137 e. The summed E-state index contributed by atoms with van der Waals surface area (Å²) in [5.74, 6) is -0.204. The summed E-state index contributed by atoms with van der Waals surface area (Å²) in [5, 5.41) is 3.39. The van der Waals surface area contributed by atoms with E-state index in [1.165, 1.54) is 35.8 Å². The number of thiophene rings is 1. The normalized spacial score (nSPS) is 15.3. The van der Waals surface area contributed by atoms with Gasteiger partial charge in [-0.25, -0.2) is 4.39 Å². The summed E-state index contributed by atoms with van der Waals surface area (Å²) >= 11 is 5.19. The van der Waals surface area contributed by atoms with Crippen LogP contribution in [0.15, 0.2) is 28.7 Å². The Morgan fingerprint density at radius 3 is 2.90 bits per heavy atom. The van der Waals surface area contributed by atoms with Crippen LogP contribution in [0, 0.1) is 5.82 Å². The van der Waals surface area contributed by atoms with Crippen molar-refractivity contribution in [3.05, 3.63) is 55.4 Å². The molecule has 2 aromatic rings. The summed E-state index contributed by atoms with van der Waals surface area (Å²) in [5.41, 5.74) is 2.68. The fourth-order valence-corrected chi connectivity index (χ4v) is 4.56. The first-order chi connectivity index (χ1) is 9.67. The second kappa shape index (κ2) is 5.96. The Balaban J connectivity index is 1.80. The molecule has 0 saturated heterocycles. The Hall–Kier alpha value is -0.710. The number of fused-ring (bicyclic) bond motifs is 1. The molecule has 0 bridgehead atoms. The molecule has 1 unspecified atom stereocenters. The quantitative estimate of drug-likeness (QED) is 0.843. The van der Waals surface area contributed by atoms with Gasteiger partial charge in [0.2, 0.25) is 0 Å². The lowest BCUT2D eigenvalue weighted by atomic mass is 10.0. The van der Waals surface area contributed by atoms with Crippen molar-refractivity contribution in [1.29, 1.82) is 0 Å². The molecule has 1 aromatic heterocycles. The van der Waals surface area contributed by atoms with Gasteiger partial charge in [0.1, 0.15) is 5.82 Å². The van der Waals surface area contributed by atoms with Crippen LogP contribution in [0.5, 0.6) is 0 Å². The van der Waals surface area contributed by atoms with E-state index < -0.39 is 0 Å². The van der Waals surface area contributed by atoms with Crippen LogP contribution < -0.4 is 5.32 Å². The molecule has 4 heteroatoms. The summed E-state index contributed by atoms with van der Waals surface area (Å²) in [4.78, 5) is 2.96. The van der Waals surface area contributed by atoms with Gasteiger partial charge in [-0.3, -0.25) is 0 Å². The van der Waals surface area contributed by atoms with E-state index in [9.17, 15) is 4.39 Å². The Kier molecular flexibility index (Phi) is 4.24. The molecular formula is C16H17BrFNS. The highest BCUT2D eigenvalue weighted by Crippen LogP contribution is 2.35. The minimum atomic E-state index is -0.204. The molecule has 20 heavy (non-hydrogen) atoms. The van der Waals surface area contributed by atoms with Crippen molar-refractivity contribution in [2.24, 2.45) is 0 Å². The molecule has 0 amide bonds. The SMILES string of the molecule is CNC(Cc1ccc(F)c(Br)c1)c1cc2c(s1)CCC2. The molecule has 3 rings (SSSR count). The number of nitrogens with one attached hydrogen (secondary N) is 1. The highest BCUT2D eigenvalue weighted by Gasteiger charge is 2.19. The lowest BCUT2D eigenvalue weighted by Crippen LogP contribution is -2.17. The van der Waals surface area contributed by atoms with Crippen LogP contribution in [-0.2, 0) is 19.3 Å². The smallest absolute Gasteiger partial charge is 0.137 e. The number of halogens is 2. The summed E-state index contributed by atoms with van der Waals surface area (Å²) in [7, 11) is 1.99. The van der Waals surface area contributed by atoms with Crippen LogP contribution >= 0.6 is 27.3 Å². The molecule has 106 valence electrons. The minimum Gasteiger partial charge on any atom is -0.312 e. The summed E-state index contributed by atoms with van der Waals surface area (Å²) in [6, 6.07) is 7.93. The largest absolute Gasteiger partial charge is 0.312 e. The van der Waals surface area contributed by atoms with Gasteiger partial charge in [-0.1, -0.05) is 6.07 Å². The molecule has 1 N–H and O–H groups in total. The van der Waals surface area contributed by atoms with Crippen molar-refractivity contribution in [2.75, 3.05) is 7.05 Å². The average molecular weight is 354 g/mol. The molecule has 0 spiro atoms. The maximum absolute atomic E-state index is 13.3. The van der Waals surface area contributed by atoms with Gasteiger partial charge in [0.05, 0.1) is 4.47 Å². The molecule has 0 fully saturated rings. The second-order valence-electron chi connectivity index (χ2n) is 5.24. The van der Waals surface area contributed by atoms with Crippen LogP contribution in [-0.4, -0.2) is 7.05 Å². The lowest BCUT2D eigenvalue weighted by Gasteiger charge is -2.15. The number of benzene rings is 1. The number of rotatable bonds is 4. The average Bonchev–Trinajstić information content (AvgIpc) is 3.01. The van der Waals surface area contributed by atoms with E-state index in [-0.39, 0.29) is 5.82 Å². The van der Waals surface area contributed by atoms with E-state index >= 15 is 0 Å². The standard InChI is InChI=1S/C16H17BrFNS/c1-19-14(8-10-5-6-13(18)12(17)7-10)16-9-11-3-2-4-15(11)20-16/h5-7,9,14,19H,2-4,8H2,1H3. The second-order valence-corrected chi connectivity index (χ2v) is 7.27. The highest BCUT2D eigenvalue weighted by atomic mass is 79.9. The van der Waals surface area contributed by atoms with Crippen molar-refractivity contribution >= 4 is 27.3 Å². The van der Waals surface area contributed by atoms with Crippen molar-refractivity contribution in [1.82, 2.24) is 5.32 Å². The van der Waals surface area contributed by atoms with E-state index in [1.807, 2.05) is 30.5 Å². The molecule has 1 aliphatic carbocycles. The topological polar surface area (TPSA) is 12.0 Å². The summed E-state index contributed by atoms with van der Waals surface area (Å²) < 4.78 is 13.8. The van der Waals surface area contributed by atoms with Gasteiger partial charge >= 0.3 is 0 Å². The van der Waals surface area contributed by atoms with E-state index in [0.29, 0.717) is 10.5 Å². The molecule has 1 nitrogen and oxygen atoms in total. The third kappa shape index (κ3) is 2.83. The van der Waals surface area contributed by atoms with E-state index in [2.05, 4.69) is 27.3 Å². The van der Waals surface area contributed by atoms with Crippen LogP contribution in [0.3, 0.4) is 0 Å². The van der Waals surface area contributed by atoms with Crippen molar-refractivity contribution in [3.8, 4) is 0 Å². The fourth-order valence-electron chi connectivity index (χ4n) is 2.77. The van der Waals surface area contributed by atoms with E-state index in [1.54, 1.807) is 4.88 Å². The van der Waals surface area contributed by atoms with Crippen LogP contribution in [0.4, 0.5) is 4.39 Å². The lowest BCUT2D eigenvalue weighted by molar-refractivity contribution is 0.595. The molecule has 1 atom stereocenters. The molecular weight excluding hydrogens is 337 g/mol. The first-order valence-electron chi connectivity index (χ1n) is 6.90. The zero-order valence-corrected chi connectivity index (χ0v) is 13.8. The summed E-state index contributed by atoms with van der Waals surface area (Å²) in [6.45, 7) is 0. The third-order valence-corrected chi connectivity index (χ3v) is 5.84. The molecule has 1 aliphatic rings. The van der Waals surface area contributed by atoms with E-state index in [0.717, 1.165) is 12.0 Å². The Labute approximate surface area is 131 Å². The summed E-state index contributed by atoms with van der Waals surface area (Å²) in [6.07, 6.45) is 4.65. The molecule has 0 saturated carbocycles.